The lowest BCUT2D eigenvalue weighted by atomic mass is 10.0. The van der Waals surface area contributed by atoms with Crippen LogP contribution < -0.4 is 15.2 Å². The first-order valence-electron chi connectivity index (χ1n) is 6.70. The Morgan fingerprint density at radius 3 is 2.48 bits per heavy atom. The highest BCUT2D eigenvalue weighted by molar-refractivity contribution is 5.37. The monoisotopic (exact) mass is 282 g/mol. The van der Waals surface area contributed by atoms with Gasteiger partial charge in [0.15, 0.2) is 0 Å². The number of ether oxygens (including phenoxy) is 2. The lowest BCUT2D eigenvalue weighted by Gasteiger charge is -2.23. The number of benzene rings is 2. The quantitative estimate of drug-likeness (QED) is 0.915. The van der Waals surface area contributed by atoms with Gasteiger partial charge in [-0.3, -0.25) is 0 Å². The Labute approximate surface area is 124 Å². The molecular formula is C17H18N2O2. The van der Waals surface area contributed by atoms with Gasteiger partial charge in [-0.05, 0) is 42.8 Å². The van der Waals surface area contributed by atoms with Gasteiger partial charge >= 0.3 is 0 Å². The van der Waals surface area contributed by atoms with Crippen molar-refractivity contribution in [1.82, 2.24) is 0 Å². The molecule has 108 valence electrons. The maximum absolute atomic E-state index is 8.94. The normalized spacial score (nSPS) is 13.0. The van der Waals surface area contributed by atoms with Crippen LogP contribution in [0.3, 0.4) is 0 Å². The number of hydrogen-bond donors (Lipinski definition) is 1. The Morgan fingerprint density at radius 2 is 1.81 bits per heavy atom. The second kappa shape index (κ2) is 6.78. The summed E-state index contributed by atoms with van der Waals surface area (Å²) in [6.45, 7) is 1.89. The summed E-state index contributed by atoms with van der Waals surface area (Å²) in [5.74, 6) is 1.38. The summed E-state index contributed by atoms with van der Waals surface area (Å²) in [4.78, 5) is 0. The van der Waals surface area contributed by atoms with Crippen molar-refractivity contribution in [1.29, 1.82) is 5.26 Å². The van der Waals surface area contributed by atoms with Gasteiger partial charge in [-0.15, -0.1) is 0 Å². The zero-order chi connectivity index (χ0) is 15.2. The number of nitrogens with zero attached hydrogens (tertiary/aromatic N) is 1. The van der Waals surface area contributed by atoms with Crippen LogP contribution in [-0.4, -0.2) is 13.2 Å². The predicted octanol–water partition coefficient (Wildman–Crippen LogP) is 3.03. The molecule has 0 saturated carbocycles. The van der Waals surface area contributed by atoms with Crippen LogP contribution in [0.25, 0.3) is 0 Å². The van der Waals surface area contributed by atoms with Crippen molar-refractivity contribution in [2.75, 3.05) is 7.11 Å². The van der Waals surface area contributed by atoms with Crippen LogP contribution in [0.4, 0.5) is 0 Å². The Hall–Kier alpha value is -2.51. The number of nitriles is 1. The standard InChI is InChI=1S/C17H18N2O2/c1-12(19)17(14-6-4-7-15(10-14)20-2)21-16-8-3-5-13(9-16)11-18/h3-10,12,17H,19H2,1-2H3. The van der Waals surface area contributed by atoms with Crippen LogP contribution in [-0.2, 0) is 0 Å². The van der Waals surface area contributed by atoms with Crippen LogP contribution in [0, 0.1) is 11.3 Å². The van der Waals surface area contributed by atoms with Crippen LogP contribution in [0.5, 0.6) is 11.5 Å². The van der Waals surface area contributed by atoms with Crippen LogP contribution >= 0.6 is 0 Å². The highest BCUT2D eigenvalue weighted by Gasteiger charge is 2.19. The largest absolute Gasteiger partial charge is 0.497 e. The van der Waals surface area contributed by atoms with E-state index in [1.165, 1.54) is 0 Å². The van der Waals surface area contributed by atoms with E-state index in [2.05, 4.69) is 6.07 Å². The topological polar surface area (TPSA) is 68.3 Å². The Bertz CT molecular complexity index is 647. The third kappa shape index (κ3) is 3.74. The predicted molar refractivity (Wildman–Crippen MR) is 81.2 cm³/mol. The van der Waals surface area contributed by atoms with Gasteiger partial charge in [0.05, 0.1) is 18.7 Å². The molecule has 2 N–H and O–H groups in total. The van der Waals surface area contributed by atoms with E-state index in [4.69, 9.17) is 20.5 Å². The van der Waals surface area contributed by atoms with Crippen molar-refractivity contribution in [3.8, 4) is 17.6 Å². The molecule has 0 spiro atoms. The molecule has 0 aliphatic carbocycles. The van der Waals surface area contributed by atoms with Crippen molar-refractivity contribution < 1.29 is 9.47 Å². The smallest absolute Gasteiger partial charge is 0.139 e. The third-order valence-electron chi connectivity index (χ3n) is 3.13. The van der Waals surface area contributed by atoms with E-state index in [0.29, 0.717) is 11.3 Å². The summed E-state index contributed by atoms with van der Waals surface area (Å²) < 4.78 is 11.2. The molecular weight excluding hydrogens is 264 g/mol. The van der Waals surface area contributed by atoms with E-state index >= 15 is 0 Å². The maximum Gasteiger partial charge on any atom is 0.139 e. The molecule has 0 amide bonds. The second-order valence-electron chi connectivity index (χ2n) is 4.81. The molecule has 4 heteroatoms. The van der Waals surface area contributed by atoms with Crippen molar-refractivity contribution in [3.05, 3.63) is 59.7 Å². The molecule has 0 aliphatic rings. The molecule has 0 radical (unpaired) electrons. The average molecular weight is 282 g/mol. The Balaban J connectivity index is 2.28. The van der Waals surface area contributed by atoms with E-state index in [1.54, 1.807) is 25.3 Å². The first-order chi connectivity index (χ1) is 10.1. The van der Waals surface area contributed by atoms with Gasteiger partial charge in [-0.2, -0.15) is 5.26 Å². The molecule has 2 rings (SSSR count). The maximum atomic E-state index is 8.94. The molecule has 0 saturated heterocycles. The van der Waals surface area contributed by atoms with Gasteiger partial charge in [0, 0.05) is 6.04 Å². The molecule has 0 heterocycles. The van der Waals surface area contributed by atoms with Crippen LogP contribution in [0.1, 0.15) is 24.2 Å². The van der Waals surface area contributed by atoms with Gasteiger partial charge in [0.1, 0.15) is 17.6 Å². The molecule has 0 aliphatic heterocycles. The number of rotatable bonds is 5. The lowest BCUT2D eigenvalue weighted by molar-refractivity contribution is 0.180. The highest BCUT2D eigenvalue weighted by Crippen LogP contribution is 2.27. The van der Waals surface area contributed by atoms with Gasteiger partial charge in [0.25, 0.3) is 0 Å². The van der Waals surface area contributed by atoms with Crippen molar-refractivity contribution in [2.24, 2.45) is 5.73 Å². The fourth-order valence-corrected chi connectivity index (χ4v) is 2.08. The number of methoxy groups -OCH3 is 1. The minimum Gasteiger partial charge on any atom is -0.497 e. The van der Waals surface area contributed by atoms with E-state index in [-0.39, 0.29) is 12.1 Å². The minimum atomic E-state index is -0.311. The fourth-order valence-electron chi connectivity index (χ4n) is 2.08. The summed E-state index contributed by atoms with van der Waals surface area (Å²) in [6, 6.07) is 16.6. The van der Waals surface area contributed by atoms with Crippen LogP contribution in [0.2, 0.25) is 0 Å². The second-order valence-corrected chi connectivity index (χ2v) is 4.81. The van der Waals surface area contributed by atoms with Gasteiger partial charge in [-0.1, -0.05) is 18.2 Å². The van der Waals surface area contributed by atoms with Crippen molar-refractivity contribution >= 4 is 0 Å². The molecule has 21 heavy (non-hydrogen) atoms. The zero-order valence-electron chi connectivity index (χ0n) is 12.1. The third-order valence-corrected chi connectivity index (χ3v) is 3.13. The highest BCUT2D eigenvalue weighted by atomic mass is 16.5. The number of hydrogen-bond acceptors (Lipinski definition) is 4. The molecule has 0 fully saturated rings. The molecule has 2 unspecified atom stereocenters. The lowest BCUT2D eigenvalue weighted by Crippen LogP contribution is -2.29. The molecule has 2 aromatic carbocycles. The van der Waals surface area contributed by atoms with Gasteiger partial charge in [0.2, 0.25) is 0 Å². The van der Waals surface area contributed by atoms with E-state index in [0.717, 1.165) is 11.3 Å². The number of nitrogens with two attached hydrogens (primary N) is 1. The molecule has 4 nitrogen and oxygen atoms in total. The van der Waals surface area contributed by atoms with E-state index in [1.807, 2.05) is 37.3 Å². The SMILES string of the molecule is COc1cccc(C(Oc2cccc(C#N)c2)C(C)N)c1. The Morgan fingerprint density at radius 1 is 1.10 bits per heavy atom. The summed E-state index contributed by atoms with van der Waals surface area (Å²) in [6.07, 6.45) is -0.311. The summed E-state index contributed by atoms with van der Waals surface area (Å²) >= 11 is 0. The van der Waals surface area contributed by atoms with Crippen LogP contribution in [0.15, 0.2) is 48.5 Å². The molecule has 0 bridgehead atoms. The molecule has 0 aromatic heterocycles. The first kappa shape index (κ1) is 14.9. The average Bonchev–Trinajstić information content (AvgIpc) is 2.52. The zero-order valence-corrected chi connectivity index (χ0v) is 12.1. The van der Waals surface area contributed by atoms with Crippen molar-refractivity contribution in [2.45, 2.75) is 19.1 Å². The summed E-state index contributed by atoms with van der Waals surface area (Å²) in [7, 11) is 1.62. The first-order valence-corrected chi connectivity index (χ1v) is 6.70. The minimum absolute atomic E-state index is 0.206. The molecule has 2 atom stereocenters. The summed E-state index contributed by atoms with van der Waals surface area (Å²) in [5, 5.41) is 8.94. The van der Waals surface area contributed by atoms with E-state index < -0.39 is 0 Å². The summed E-state index contributed by atoms with van der Waals surface area (Å²) in [5.41, 5.74) is 7.54. The molecule has 2 aromatic rings. The Kier molecular flexibility index (Phi) is 4.81. The van der Waals surface area contributed by atoms with Crippen molar-refractivity contribution in [3.63, 3.8) is 0 Å². The van der Waals surface area contributed by atoms with Gasteiger partial charge in [-0.25, -0.2) is 0 Å². The van der Waals surface area contributed by atoms with Gasteiger partial charge < -0.3 is 15.2 Å². The fraction of sp³-hybridized carbons (Fsp3) is 0.235. The van der Waals surface area contributed by atoms with E-state index in [9.17, 15) is 0 Å².